The lowest BCUT2D eigenvalue weighted by Gasteiger charge is -2.34. The number of aliphatic hydroxyl groups excluding tert-OH is 1. The predicted octanol–water partition coefficient (Wildman–Crippen LogP) is 4.21. The van der Waals surface area contributed by atoms with Crippen LogP contribution < -0.4 is 5.30 Å². The molecule has 22 heavy (non-hydrogen) atoms. The number of aryl methyl sites for hydroxylation is 1. The highest BCUT2D eigenvalue weighted by atomic mass is 31.1. The summed E-state index contributed by atoms with van der Waals surface area (Å²) >= 11 is 0. The zero-order chi connectivity index (χ0) is 16.2. The first-order chi connectivity index (χ1) is 10.6. The highest BCUT2D eigenvalue weighted by Gasteiger charge is 2.31. The fourth-order valence-electron chi connectivity index (χ4n) is 2.99. The fourth-order valence-corrected chi connectivity index (χ4v) is 4.68. The normalized spacial score (nSPS) is 12.2. The molecule has 0 amide bonds. The van der Waals surface area contributed by atoms with E-state index < -0.39 is 0 Å². The van der Waals surface area contributed by atoms with Crippen LogP contribution in [0.5, 0.6) is 5.75 Å². The number of phenolic OH excluding ortho intramolecular Hbond substituents is 1. The average molecular weight is 316 g/mol. The molecule has 0 aliphatic heterocycles. The Hall–Kier alpha value is -1.37. The highest BCUT2D eigenvalue weighted by molar-refractivity contribution is 7.48. The van der Waals surface area contributed by atoms with Crippen molar-refractivity contribution in [3.8, 4) is 5.75 Å². The lowest BCUT2D eigenvalue weighted by atomic mass is 9.92. The van der Waals surface area contributed by atoms with Crippen LogP contribution in [-0.2, 0) is 11.8 Å². The summed E-state index contributed by atoms with van der Waals surface area (Å²) in [7, 11) is 0.522. The van der Waals surface area contributed by atoms with Crippen molar-refractivity contribution >= 4 is 13.9 Å². The maximum Gasteiger partial charge on any atom is 0.119 e. The van der Waals surface area contributed by atoms with Crippen molar-refractivity contribution in [2.75, 3.05) is 0 Å². The second kappa shape index (κ2) is 7.26. The van der Waals surface area contributed by atoms with Gasteiger partial charge in [-0.3, -0.25) is 0 Å². The van der Waals surface area contributed by atoms with Crippen LogP contribution in [0.1, 0.15) is 43.4 Å². The van der Waals surface area contributed by atoms with Crippen molar-refractivity contribution < 1.29 is 10.2 Å². The quantitative estimate of drug-likeness (QED) is 0.784. The van der Waals surface area contributed by atoms with Gasteiger partial charge < -0.3 is 10.2 Å². The summed E-state index contributed by atoms with van der Waals surface area (Å²) in [6.45, 7) is 6.46. The van der Waals surface area contributed by atoms with Crippen LogP contribution in [0.4, 0.5) is 0 Å². The minimum Gasteiger partial charge on any atom is -0.508 e. The summed E-state index contributed by atoms with van der Waals surface area (Å²) < 4.78 is 0. The van der Waals surface area contributed by atoms with E-state index in [2.05, 4.69) is 32.0 Å². The molecule has 118 valence electrons. The summed E-state index contributed by atoms with van der Waals surface area (Å²) in [5.41, 5.74) is 3.18. The monoisotopic (exact) mass is 316 g/mol. The van der Waals surface area contributed by atoms with Gasteiger partial charge in [0, 0.05) is 10.7 Å². The smallest absolute Gasteiger partial charge is 0.119 e. The van der Waals surface area contributed by atoms with Gasteiger partial charge >= 0.3 is 0 Å². The molecule has 1 atom stereocenters. The Morgan fingerprint density at radius 1 is 1.05 bits per heavy atom. The molecule has 0 bridgehead atoms. The van der Waals surface area contributed by atoms with Crippen molar-refractivity contribution in [2.24, 2.45) is 0 Å². The molecule has 0 aliphatic rings. The molecule has 0 fully saturated rings. The Kier molecular flexibility index (Phi) is 5.61. The van der Waals surface area contributed by atoms with Crippen molar-refractivity contribution in [1.29, 1.82) is 0 Å². The van der Waals surface area contributed by atoms with Crippen molar-refractivity contribution in [2.45, 2.75) is 45.4 Å². The summed E-state index contributed by atoms with van der Waals surface area (Å²) in [6.07, 6.45) is 1.91. The van der Waals surface area contributed by atoms with E-state index in [1.54, 1.807) is 6.07 Å². The Bertz CT molecular complexity index is 633. The van der Waals surface area contributed by atoms with Gasteiger partial charge in [-0.25, -0.2) is 0 Å². The largest absolute Gasteiger partial charge is 0.508 e. The van der Waals surface area contributed by atoms with Crippen LogP contribution in [0.3, 0.4) is 0 Å². The van der Waals surface area contributed by atoms with Gasteiger partial charge in [0.1, 0.15) is 5.75 Å². The van der Waals surface area contributed by atoms with Crippen LogP contribution >= 0.6 is 8.58 Å². The second-order valence-corrected chi connectivity index (χ2v) is 7.50. The molecule has 2 nitrogen and oxygen atoms in total. The van der Waals surface area contributed by atoms with Crippen LogP contribution in [0, 0.1) is 6.92 Å². The number of hydrogen-bond acceptors (Lipinski definition) is 2. The number of para-hydroxylation sites is 1. The number of phenols is 1. The van der Waals surface area contributed by atoms with Gasteiger partial charge in [-0.1, -0.05) is 64.4 Å². The second-order valence-electron chi connectivity index (χ2n) is 5.75. The average Bonchev–Trinajstić information content (AvgIpc) is 2.54. The number of benzene rings is 2. The van der Waals surface area contributed by atoms with Gasteiger partial charge in [-0.05, 0) is 36.7 Å². The Morgan fingerprint density at radius 3 is 2.32 bits per heavy atom. The first-order valence-electron chi connectivity index (χ1n) is 7.83. The highest BCUT2D eigenvalue weighted by Crippen LogP contribution is 2.49. The molecule has 0 heterocycles. The minimum absolute atomic E-state index is 0.0638. The maximum absolute atomic E-state index is 10.3. The third-order valence-electron chi connectivity index (χ3n) is 4.43. The van der Waals surface area contributed by atoms with E-state index in [-0.39, 0.29) is 11.8 Å². The molecular weight excluding hydrogens is 291 g/mol. The summed E-state index contributed by atoms with van der Waals surface area (Å²) in [5.74, 6) is 0.372. The topological polar surface area (TPSA) is 40.5 Å². The Morgan fingerprint density at radius 2 is 1.73 bits per heavy atom. The van der Waals surface area contributed by atoms with E-state index in [1.807, 2.05) is 25.1 Å². The molecule has 0 aliphatic carbocycles. The SMILES string of the molecule is CCC(CC)(Pc1ccc(C)cc1CO)c1ccccc1O. The minimum atomic E-state index is -0.0788. The molecular formula is C19H25O2P. The summed E-state index contributed by atoms with van der Waals surface area (Å²) in [5, 5.41) is 21.1. The van der Waals surface area contributed by atoms with Crippen LogP contribution in [0.2, 0.25) is 0 Å². The van der Waals surface area contributed by atoms with Gasteiger partial charge in [0.05, 0.1) is 6.61 Å². The standard InChI is InChI=1S/C19H25O2P/c1-4-19(5-2,16-8-6-7-9-17(16)21)22-18-11-10-14(3)12-15(18)13-20/h6-12,20-22H,4-5,13H2,1-3H3. The molecule has 2 aromatic rings. The van der Waals surface area contributed by atoms with Crippen molar-refractivity contribution in [3.63, 3.8) is 0 Å². The van der Waals surface area contributed by atoms with E-state index in [4.69, 9.17) is 0 Å². The van der Waals surface area contributed by atoms with Crippen LogP contribution in [0.15, 0.2) is 42.5 Å². The molecule has 0 spiro atoms. The van der Waals surface area contributed by atoms with Crippen LogP contribution in [-0.4, -0.2) is 10.2 Å². The molecule has 2 rings (SSSR count). The molecule has 2 aromatic carbocycles. The zero-order valence-electron chi connectivity index (χ0n) is 13.6. The molecule has 2 N–H and O–H groups in total. The molecule has 0 saturated carbocycles. The zero-order valence-corrected chi connectivity index (χ0v) is 14.6. The first-order valence-corrected chi connectivity index (χ1v) is 8.83. The molecule has 3 heteroatoms. The number of rotatable bonds is 6. The molecule has 1 unspecified atom stereocenters. The number of aromatic hydroxyl groups is 1. The Balaban J connectivity index is 2.48. The van der Waals surface area contributed by atoms with E-state index in [0.717, 1.165) is 24.0 Å². The van der Waals surface area contributed by atoms with E-state index in [1.165, 1.54) is 10.9 Å². The van der Waals surface area contributed by atoms with Gasteiger partial charge in [0.2, 0.25) is 0 Å². The number of hydrogen-bond donors (Lipinski definition) is 2. The molecule has 0 saturated heterocycles. The first kappa shape index (κ1) is 17.0. The van der Waals surface area contributed by atoms with E-state index in [9.17, 15) is 10.2 Å². The summed E-state index contributed by atoms with van der Waals surface area (Å²) in [4.78, 5) is 0. The van der Waals surface area contributed by atoms with Gasteiger partial charge in [-0.15, -0.1) is 0 Å². The predicted molar refractivity (Wildman–Crippen MR) is 95.4 cm³/mol. The third kappa shape index (κ3) is 3.34. The fraction of sp³-hybridized carbons (Fsp3) is 0.368. The van der Waals surface area contributed by atoms with E-state index >= 15 is 0 Å². The summed E-state index contributed by atoms with van der Waals surface area (Å²) in [6, 6.07) is 13.9. The van der Waals surface area contributed by atoms with E-state index in [0.29, 0.717) is 14.3 Å². The van der Waals surface area contributed by atoms with Crippen molar-refractivity contribution in [3.05, 3.63) is 59.2 Å². The third-order valence-corrected chi connectivity index (χ3v) is 6.64. The number of aliphatic hydroxyl groups is 1. The van der Waals surface area contributed by atoms with Crippen LogP contribution in [0.25, 0.3) is 0 Å². The molecule has 0 radical (unpaired) electrons. The van der Waals surface area contributed by atoms with Gasteiger partial charge in [0.15, 0.2) is 0 Å². The lowest BCUT2D eigenvalue weighted by molar-refractivity contribution is 0.283. The van der Waals surface area contributed by atoms with Crippen molar-refractivity contribution in [1.82, 2.24) is 0 Å². The van der Waals surface area contributed by atoms with Gasteiger partial charge in [0.25, 0.3) is 0 Å². The lowest BCUT2D eigenvalue weighted by Crippen LogP contribution is -2.23. The molecule has 0 aromatic heterocycles. The van der Waals surface area contributed by atoms with Gasteiger partial charge in [-0.2, -0.15) is 0 Å². The Labute approximate surface area is 135 Å². The maximum atomic E-state index is 10.3.